The van der Waals surface area contributed by atoms with Gasteiger partial charge in [0.15, 0.2) is 5.96 Å². The predicted molar refractivity (Wildman–Crippen MR) is 111 cm³/mol. The molecule has 1 aromatic carbocycles. The minimum Gasteiger partial charge on any atom is -0.496 e. The van der Waals surface area contributed by atoms with E-state index in [1.165, 1.54) is 0 Å². The van der Waals surface area contributed by atoms with Gasteiger partial charge in [-0.05, 0) is 13.0 Å². The van der Waals surface area contributed by atoms with E-state index >= 15 is 0 Å². The second-order valence-corrected chi connectivity index (χ2v) is 5.86. The van der Waals surface area contributed by atoms with Crippen LogP contribution in [-0.4, -0.2) is 52.1 Å². The summed E-state index contributed by atoms with van der Waals surface area (Å²) in [7, 11) is 3.45. The Bertz CT molecular complexity index is 534. The molecule has 0 bridgehead atoms. The molecule has 6 nitrogen and oxygen atoms in total. The van der Waals surface area contributed by atoms with E-state index in [0.717, 1.165) is 49.9 Å². The van der Waals surface area contributed by atoms with Crippen LogP contribution in [0.1, 0.15) is 25.3 Å². The van der Waals surface area contributed by atoms with Crippen LogP contribution in [0, 0.1) is 0 Å². The molecule has 0 aromatic heterocycles. The number of guanidine groups is 1. The first-order valence-corrected chi connectivity index (χ1v) is 8.50. The molecule has 25 heavy (non-hydrogen) atoms. The third kappa shape index (κ3) is 6.63. The molecule has 0 spiro atoms. The summed E-state index contributed by atoms with van der Waals surface area (Å²) in [6, 6.07) is 7.94. The smallest absolute Gasteiger partial charge is 0.191 e. The highest BCUT2D eigenvalue weighted by molar-refractivity contribution is 14.0. The fourth-order valence-electron chi connectivity index (χ4n) is 2.78. The van der Waals surface area contributed by atoms with Crippen LogP contribution in [0.4, 0.5) is 0 Å². The monoisotopic (exact) mass is 463 g/mol. The Balaban J connectivity index is 0.00000312. The summed E-state index contributed by atoms with van der Waals surface area (Å²) in [5.74, 6) is 1.64. The van der Waals surface area contributed by atoms with Crippen molar-refractivity contribution in [3.8, 4) is 5.75 Å². The Kier molecular flexibility index (Phi) is 10.1. The van der Waals surface area contributed by atoms with Gasteiger partial charge in [-0.3, -0.25) is 0 Å². The molecule has 0 radical (unpaired) electrons. The third-order valence-corrected chi connectivity index (χ3v) is 4.36. The second kappa shape index (κ2) is 11.5. The molecule has 0 atom stereocenters. The number of benzene rings is 1. The van der Waals surface area contributed by atoms with Crippen molar-refractivity contribution in [2.45, 2.75) is 31.9 Å². The number of hydrogen-bond acceptors (Lipinski definition) is 4. The molecule has 1 aliphatic heterocycles. The maximum atomic E-state index is 5.76. The van der Waals surface area contributed by atoms with Crippen molar-refractivity contribution < 1.29 is 14.2 Å². The molecule has 1 aromatic rings. The molecule has 2 rings (SSSR count). The van der Waals surface area contributed by atoms with Crippen LogP contribution in [0.2, 0.25) is 0 Å². The number of halogens is 1. The zero-order chi connectivity index (χ0) is 17.3. The fraction of sp³-hybridized carbons (Fsp3) is 0.611. The summed E-state index contributed by atoms with van der Waals surface area (Å²) in [6.45, 7) is 5.61. The minimum atomic E-state index is -0.182. The maximum absolute atomic E-state index is 5.76. The number of rotatable bonds is 7. The molecule has 2 N–H and O–H groups in total. The van der Waals surface area contributed by atoms with Crippen LogP contribution in [0.3, 0.4) is 0 Å². The highest BCUT2D eigenvalue weighted by atomic mass is 127. The van der Waals surface area contributed by atoms with Crippen molar-refractivity contribution >= 4 is 29.9 Å². The fourth-order valence-corrected chi connectivity index (χ4v) is 2.78. The van der Waals surface area contributed by atoms with Gasteiger partial charge in [-0.25, -0.2) is 4.99 Å². The number of nitrogens with zero attached hydrogens (tertiary/aromatic N) is 1. The van der Waals surface area contributed by atoms with E-state index in [0.29, 0.717) is 13.1 Å². The minimum absolute atomic E-state index is 0. The number of hydrogen-bond donors (Lipinski definition) is 2. The quantitative estimate of drug-likeness (QED) is 0.370. The highest BCUT2D eigenvalue weighted by Gasteiger charge is 2.32. The molecule has 142 valence electrons. The average Bonchev–Trinajstić information content (AvgIpc) is 2.65. The van der Waals surface area contributed by atoms with Crippen LogP contribution >= 0.6 is 24.0 Å². The zero-order valence-corrected chi connectivity index (χ0v) is 17.7. The topological polar surface area (TPSA) is 64.1 Å². The van der Waals surface area contributed by atoms with Gasteiger partial charge in [-0.15, -0.1) is 24.0 Å². The molecule has 0 unspecified atom stereocenters. The number of ether oxygens (including phenoxy) is 3. The first-order valence-electron chi connectivity index (χ1n) is 8.50. The molecule has 7 heteroatoms. The van der Waals surface area contributed by atoms with Crippen molar-refractivity contribution in [2.75, 3.05) is 40.5 Å². The Morgan fingerprint density at radius 2 is 1.92 bits per heavy atom. The summed E-state index contributed by atoms with van der Waals surface area (Å²) in [6.07, 6.45) is 1.78. The van der Waals surface area contributed by atoms with Gasteiger partial charge >= 0.3 is 0 Å². The van der Waals surface area contributed by atoms with Crippen LogP contribution in [0.15, 0.2) is 29.3 Å². The SMILES string of the molecule is CCNC(=NCc1ccccc1OC)NCC1(OC)CCOCC1.I. The Morgan fingerprint density at radius 3 is 2.56 bits per heavy atom. The summed E-state index contributed by atoms with van der Waals surface area (Å²) in [4.78, 5) is 4.67. The van der Waals surface area contributed by atoms with Gasteiger partial charge in [0.1, 0.15) is 5.75 Å². The molecule has 0 aliphatic carbocycles. The van der Waals surface area contributed by atoms with E-state index in [1.807, 2.05) is 24.3 Å². The van der Waals surface area contributed by atoms with Crippen LogP contribution in [0.25, 0.3) is 0 Å². The predicted octanol–water partition coefficient (Wildman–Crippen LogP) is 2.56. The van der Waals surface area contributed by atoms with Gasteiger partial charge < -0.3 is 24.8 Å². The molecule has 0 saturated carbocycles. The van der Waals surface area contributed by atoms with E-state index in [-0.39, 0.29) is 29.6 Å². The molecule has 0 amide bonds. The first-order chi connectivity index (χ1) is 11.7. The maximum Gasteiger partial charge on any atom is 0.191 e. The Morgan fingerprint density at radius 1 is 1.20 bits per heavy atom. The lowest BCUT2D eigenvalue weighted by atomic mass is 9.94. The zero-order valence-electron chi connectivity index (χ0n) is 15.3. The Hall–Kier alpha value is -1.06. The normalized spacial score (nSPS) is 16.7. The van der Waals surface area contributed by atoms with E-state index < -0.39 is 0 Å². The summed E-state index contributed by atoms with van der Waals surface area (Å²) in [5.41, 5.74) is 0.878. The summed E-state index contributed by atoms with van der Waals surface area (Å²) >= 11 is 0. The van der Waals surface area contributed by atoms with Gasteiger partial charge in [-0.2, -0.15) is 0 Å². The van der Waals surface area contributed by atoms with E-state index in [4.69, 9.17) is 14.2 Å². The standard InChI is InChI=1S/C18H29N3O3.HI/c1-4-19-17(20-13-15-7-5-6-8-16(15)22-2)21-14-18(23-3)9-11-24-12-10-18;/h5-8H,4,9-14H2,1-3H3,(H2,19,20,21);1H. The highest BCUT2D eigenvalue weighted by Crippen LogP contribution is 2.23. The number of para-hydroxylation sites is 1. The molecule has 1 aliphatic rings. The van der Waals surface area contributed by atoms with Crippen molar-refractivity contribution in [3.63, 3.8) is 0 Å². The van der Waals surface area contributed by atoms with Gasteiger partial charge in [0.2, 0.25) is 0 Å². The van der Waals surface area contributed by atoms with Crippen molar-refractivity contribution in [1.29, 1.82) is 0 Å². The lowest BCUT2D eigenvalue weighted by Crippen LogP contribution is -2.50. The van der Waals surface area contributed by atoms with Crippen molar-refractivity contribution in [1.82, 2.24) is 10.6 Å². The second-order valence-electron chi connectivity index (χ2n) is 5.86. The van der Waals surface area contributed by atoms with Crippen LogP contribution < -0.4 is 15.4 Å². The van der Waals surface area contributed by atoms with Crippen LogP contribution in [-0.2, 0) is 16.0 Å². The molecular weight excluding hydrogens is 433 g/mol. The number of methoxy groups -OCH3 is 2. The average molecular weight is 463 g/mol. The van der Waals surface area contributed by atoms with Gasteiger partial charge in [0.05, 0.1) is 19.3 Å². The molecule has 1 saturated heterocycles. The lowest BCUT2D eigenvalue weighted by molar-refractivity contribution is -0.0855. The molecule has 1 heterocycles. The third-order valence-electron chi connectivity index (χ3n) is 4.36. The number of aliphatic imine (C=N–C) groups is 1. The van der Waals surface area contributed by atoms with E-state index in [2.05, 4.69) is 22.5 Å². The number of nitrogens with one attached hydrogen (secondary N) is 2. The van der Waals surface area contributed by atoms with Gasteiger partial charge in [-0.1, -0.05) is 18.2 Å². The van der Waals surface area contributed by atoms with Gasteiger partial charge in [0.25, 0.3) is 0 Å². The van der Waals surface area contributed by atoms with Crippen LogP contribution in [0.5, 0.6) is 5.75 Å². The van der Waals surface area contributed by atoms with Crippen molar-refractivity contribution in [2.24, 2.45) is 4.99 Å². The lowest BCUT2D eigenvalue weighted by Gasteiger charge is -2.36. The first kappa shape index (κ1) is 22.0. The van der Waals surface area contributed by atoms with E-state index in [9.17, 15) is 0 Å². The Labute approximate surface area is 167 Å². The van der Waals surface area contributed by atoms with Gasteiger partial charge in [0, 0.05) is 51.8 Å². The largest absolute Gasteiger partial charge is 0.496 e. The van der Waals surface area contributed by atoms with E-state index in [1.54, 1.807) is 14.2 Å². The van der Waals surface area contributed by atoms with Crippen molar-refractivity contribution in [3.05, 3.63) is 29.8 Å². The molecular formula is C18H30IN3O3. The summed E-state index contributed by atoms with van der Waals surface area (Å²) in [5, 5.41) is 6.69. The summed E-state index contributed by atoms with van der Waals surface area (Å²) < 4.78 is 16.6. The molecule has 1 fully saturated rings.